The molecule has 0 spiro atoms. The van der Waals surface area contributed by atoms with E-state index in [0.717, 1.165) is 6.42 Å². The summed E-state index contributed by atoms with van der Waals surface area (Å²) < 4.78 is 0. The van der Waals surface area contributed by atoms with Crippen LogP contribution in [0.2, 0.25) is 0 Å². The van der Waals surface area contributed by atoms with Crippen molar-refractivity contribution in [3.05, 3.63) is 42.3 Å². The molecule has 1 aromatic carbocycles. The molecule has 0 aliphatic heterocycles. The molecular weight excluding hydrogens is 241 g/mol. The summed E-state index contributed by atoms with van der Waals surface area (Å²) in [4.78, 5) is 0. The predicted octanol–water partition coefficient (Wildman–Crippen LogP) is 5.41. The molecular formula is C18H30Mg. The van der Waals surface area contributed by atoms with Gasteiger partial charge in [0.2, 0.25) is 0 Å². The number of benzene rings is 1. The first kappa shape index (κ1) is 21.3. The van der Waals surface area contributed by atoms with E-state index in [9.17, 15) is 0 Å². The second-order valence-corrected chi connectivity index (χ2v) is 4.73. The quantitative estimate of drug-likeness (QED) is 0.459. The fraction of sp³-hybridized carbons (Fsp3) is 0.611. The van der Waals surface area contributed by atoms with Crippen LogP contribution in [0.3, 0.4) is 0 Å². The van der Waals surface area contributed by atoms with Crippen molar-refractivity contribution in [1.82, 2.24) is 0 Å². The zero-order valence-electron chi connectivity index (χ0n) is 13.3. The summed E-state index contributed by atoms with van der Waals surface area (Å²) in [5, 5.41) is 0. The van der Waals surface area contributed by atoms with Crippen LogP contribution < -0.4 is 0 Å². The summed E-state index contributed by atoms with van der Waals surface area (Å²) in [5.41, 5.74) is 2.96. The SMILES string of the molecule is CCCCc1[c-]cccc1CCCC.[CH2-]CCC.[Mg+2]. The maximum atomic E-state index is 3.60. The van der Waals surface area contributed by atoms with E-state index in [2.05, 4.69) is 45.9 Å². The van der Waals surface area contributed by atoms with Gasteiger partial charge in [-0.3, -0.25) is 0 Å². The Kier molecular flexibility index (Phi) is 18.0. The van der Waals surface area contributed by atoms with Gasteiger partial charge in [0, 0.05) is 0 Å². The van der Waals surface area contributed by atoms with Crippen LogP contribution in [0.5, 0.6) is 0 Å². The molecule has 0 aliphatic rings. The second-order valence-electron chi connectivity index (χ2n) is 4.73. The Balaban J connectivity index is 0. The topological polar surface area (TPSA) is 0 Å². The monoisotopic (exact) mass is 270 g/mol. The van der Waals surface area contributed by atoms with Crippen molar-refractivity contribution in [3.63, 3.8) is 0 Å². The standard InChI is InChI=1S/C14H21.C4H9.Mg/c1-3-5-9-13-11-7-8-12-14(13)10-6-4-2;1-3-4-2;/h7-8,11H,3-6,9-10H2,1-2H3;1,3-4H2,2H3;/q2*-1;+2. The molecule has 0 saturated heterocycles. The average Bonchev–Trinajstić information content (AvgIpc) is 2.44. The van der Waals surface area contributed by atoms with E-state index >= 15 is 0 Å². The summed E-state index contributed by atoms with van der Waals surface area (Å²) in [6.07, 6.45) is 9.86. The molecule has 1 aromatic rings. The van der Waals surface area contributed by atoms with Gasteiger partial charge in [-0.25, -0.2) is 0 Å². The van der Waals surface area contributed by atoms with Crippen LogP contribution in [0.15, 0.2) is 18.2 Å². The number of hydrogen-bond donors (Lipinski definition) is 0. The molecule has 104 valence electrons. The zero-order valence-corrected chi connectivity index (χ0v) is 14.7. The van der Waals surface area contributed by atoms with Crippen LogP contribution in [0.4, 0.5) is 0 Å². The largest absolute Gasteiger partial charge is 2.00 e. The molecule has 0 aromatic heterocycles. The summed E-state index contributed by atoms with van der Waals surface area (Å²) >= 11 is 0. The first-order valence-corrected chi connectivity index (χ1v) is 7.57. The maximum Gasteiger partial charge on any atom is 2.00 e. The normalized spacial score (nSPS) is 9.26. The van der Waals surface area contributed by atoms with Gasteiger partial charge in [0.05, 0.1) is 0 Å². The minimum absolute atomic E-state index is 0. The van der Waals surface area contributed by atoms with Gasteiger partial charge in [0.1, 0.15) is 0 Å². The molecule has 0 nitrogen and oxygen atoms in total. The minimum atomic E-state index is 0. The molecule has 0 radical (unpaired) electrons. The van der Waals surface area contributed by atoms with Gasteiger partial charge in [-0.1, -0.05) is 65.7 Å². The molecule has 0 aliphatic carbocycles. The zero-order chi connectivity index (χ0) is 13.6. The third-order valence-corrected chi connectivity index (χ3v) is 2.97. The molecule has 0 atom stereocenters. The first-order chi connectivity index (χ1) is 8.79. The van der Waals surface area contributed by atoms with Crippen molar-refractivity contribution in [1.29, 1.82) is 0 Å². The van der Waals surface area contributed by atoms with Crippen molar-refractivity contribution in [2.75, 3.05) is 0 Å². The predicted molar refractivity (Wildman–Crippen MR) is 88.5 cm³/mol. The van der Waals surface area contributed by atoms with E-state index in [-0.39, 0.29) is 23.1 Å². The van der Waals surface area contributed by atoms with E-state index in [0.29, 0.717) is 0 Å². The van der Waals surface area contributed by atoms with Crippen LogP contribution in [-0.2, 0) is 12.8 Å². The Labute approximate surface area is 137 Å². The van der Waals surface area contributed by atoms with Crippen LogP contribution >= 0.6 is 0 Å². The van der Waals surface area contributed by atoms with Gasteiger partial charge in [-0.2, -0.15) is 41.8 Å². The minimum Gasteiger partial charge on any atom is -0.343 e. The van der Waals surface area contributed by atoms with Gasteiger partial charge >= 0.3 is 23.1 Å². The third kappa shape index (κ3) is 11.5. The molecule has 0 bridgehead atoms. The Morgan fingerprint density at radius 3 is 2.11 bits per heavy atom. The Morgan fingerprint density at radius 2 is 1.58 bits per heavy atom. The van der Waals surface area contributed by atoms with Crippen molar-refractivity contribution in [3.8, 4) is 0 Å². The summed E-state index contributed by atoms with van der Waals surface area (Å²) in [5.74, 6) is 0. The number of hydrogen-bond acceptors (Lipinski definition) is 0. The number of aryl methyl sites for hydroxylation is 2. The third-order valence-electron chi connectivity index (χ3n) is 2.97. The Morgan fingerprint density at radius 1 is 1.00 bits per heavy atom. The van der Waals surface area contributed by atoms with E-state index in [1.54, 1.807) is 0 Å². The van der Waals surface area contributed by atoms with Crippen molar-refractivity contribution >= 4 is 23.1 Å². The Hall–Kier alpha value is -0.0138. The van der Waals surface area contributed by atoms with E-state index in [4.69, 9.17) is 0 Å². The van der Waals surface area contributed by atoms with Gasteiger partial charge in [0.25, 0.3) is 0 Å². The number of rotatable bonds is 7. The van der Waals surface area contributed by atoms with Crippen molar-refractivity contribution in [2.24, 2.45) is 0 Å². The van der Waals surface area contributed by atoms with Gasteiger partial charge < -0.3 is 6.92 Å². The molecule has 0 saturated carbocycles. The van der Waals surface area contributed by atoms with Crippen molar-refractivity contribution < 1.29 is 0 Å². The molecule has 0 amide bonds. The maximum absolute atomic E-state index is 3.60. The fourth-order valence-corrected chi connectivity index (χ4v) is 1.69. The van der Waals surface area contributed by atoms with E-state index in [1.165, 1.54) is 56.1 Å². The van der Waals surface area contributed by atoms with Crippen LogP contribution in [0.25, 0.3) is 0 Å². The smallest absolute Gasteiger partial charge is 0.343 e. The van der Waals surface area contributed by atoms with E-state index < -0.39 is 0 Å². The molecule has 1 rings (SSSR count). The molecule has 19 heavy (non-hydrogen) atoms. The first-order valence-electron chi connectivity index (χ1n) is 7.57. The van der Waals surface area contributed by atoms with Crippen LogP contribution in [0, 0.1) is 13.0 Å². The summed E-state index contributed by atoms with van der Waals surface area (Å²) in [7, 11) is 0. The van der Waals surface area contributed by atoms with Crippen LogP contribution in [0.1, 0.15) is 70.4 Å². The number of unbranched alkanes of at least 4 members (excludes halogenated alkanes) is 3. The summed E-state index contributed by atoms with van der Waals surface area (Å²) in [6.45, 7) is 10.2. The summed E-state index contributed by atoms with van der Waals surface area (Å²) in [6, 6.07) is 9.80. The molecule has 0 N–H and O–H groups in total. The Bertz CT molecular complexity index is 252. The average molecular weight is 271 g/mol. The van der Waals surface area contributed by atoms with Crippen molar-refractivity contribution in [2.45, 2.75) is 72.1 Å². The molecule has 0 heterocycles. The molecule has 0 unspecified atom stereocenters. The second kappa shape index (κ2) is 16.0. The van der Waals surface area contributed by atoms with Gasteiger partial charge in [-0.05, 0) is 0 Å². The van der Waals surface area contributed by atoms with Crippen LogP contribution in [-0.4, -0.2) is 23.1 Å². The molecule has 0 fully saturated rings. The fourth-order valence-electron chi connectivity index (χ4n) is 1.69. The molecule has 1 heteroatoms. The van der Waals surface area contributed by atoms with Gasteiger partial charge in [-0.15, -0.1) is 0 Å². The van der Waals surface area contributed by atoms with Gasteiger partial charge in [0.15, 0.2) is 0 Å². The van der Waals surface area contributed by atoms with E-state index in [1.807, 2.05) is 6.07 Å².